The molecule has 0 saturated carbocycles. The van der Waals surface area contributed by atoms with Crippen LogP contribution in [0.25, 0.3) is 0 Å². The van der Waals surface area contributed by atoms with Gasteiger partial charge in [0.25, 0.3) is 0 Å². The van der Waals surface area contributed by atoms with Gasteiger partial charge in [0.05, 0.1) is 25.4 Å². The highest BCUT2D eigenvalue weighted by atomic mass is 16.5. The Bertz CT molecular complexity index is 1380. The molecule has 0 radical (unpaired) electrons. The molecular weight excluding hydrogens is 1080 g/mol. The van der Waals surface area contributed by atoms with Gasteiger partial charge in [-0.2, -0.15) is 0 Å². The number of aliphatic hydroxyl groups excluding tert-OH is 2. The van der Waals surface area contributed by atoms with E-state index in [1.807, 2.05) is 0 Å². The molecule has 6 nitrogen and oxygen atoms in total. The van der Waals surface area contributed by atoms with Gasteiger partial charge in [-0.1, -0.05) is 398 Å². The Balaban J connectivity index is 3.35. The zero-order valence-corrected chi connectivity index (χ0v) is 60.0. The molecule has 0 aromatic carbocycles. The van der Waals surface area contributed by atoms with Crippen LogP contribution in [-0.4, -0.2) is 47.4 Å². The van der Waals surface area contributed by atoms with Crippen LogP contribution in [0.3, 0.4) is 0 Å². The minimum absolute atomic E-state index is 0.0160. The molecule has 3 N–H and O–H groups in total. The maximum absolute atomic E-state index is 12.6. The lowest BCUT2D eigenvalue weighted by Crippen LogP contribution is -2.45. The Kier molecular flexibility index (Phi) is 76.3. The van der Waals surface area contributed by atoms with E-state index >= 15 is 0 Å². The van der Waals surface area contributed by atoms with Crippen LogP contribution < -0.4 is 5.32 Å². The summed E-state index contributed by atoms with van der Waals surface area (Å²) in [6.07, 6.45) is 99.9. The molecule has 522 valence electrons. The monoisotopic (exact) mass is 1240 g/mol. The molecule has 0 spiro atoms. The summed E-state index contributed by atoms with van der Waals surface area (Å²) in [5.41, 5.74) is 0. The molecule has 0 saturated heterocycles. The third kappa shape index (κ3) is 73.4. The van der Waals surface area contributed by atoms with Gasteiger partial charge in [0.2, 0.25) is 5.91 Å². The van der Waals surface area contributed by atoms with Gasteiger partial charge in [0, 0.05) is 12.8 Å². The van der Waals surface area contributed by atoms with Gasteiger partial charge in [-0.25, -0.2) is 0 Å². The standard InChI is InChI=1S/C82H159NO5/c1-3-5-7-9-11-13-15-17-19-21-23-24-36-39-42-46-50-54-58-62-66-70-74-80(85)79(78-84)83-81(86)75-71-67-63-59-55-51-47-43-40-37-34-32-30-28-26-25-27-29-31-33-35-38-41-45-49-53-57-61-65-69-73-77-88-82(87)76-72-68-64-60-56-52-48-44-22-20-18-16-14-12-10-8-6-4-2/h20,22,27,29,79-80,84-85H,3-19,21,23-26,28,30-78H2,1-2H3,(H,83,86)/b22-20-,29-27-. The summed E-state index contributed by atoms with van der Waals surface area (Å²) >= 11 is 0. The second-order valence-electron chi connectivity index (χ2n) is 28.1. The first kappa shape index (κ1) is 86.3. The molecule has 2 atom stereocenters. The minimum Gasteiger partial charge on any atom is -0.466 e. The fourth-order valence-electron chi connectivity index (χ4n) is 13.0. The van der Waals surface area contributed by atoms with Gasteiger partial charge in [-0.15, -0.1) is 0 Å². The van der Waals surface area contributed by atoms with Crippen molar-refractivity contribution in [3.63, 3.8) is 0 Å². The number of ether oxygens (including phenoxy) is 1. The number of amides is 1. The number of unbranched alkanes of at least 4 members (excludes halogenated alkanes) is 62. The topological polar surface area (TPSA) is 95.9 Å². The molecule has 88 heavy (non-hydrogen) atoms. The van der Waals surface area contributed by atoms with Crippen LogP contribution in [0.4, 0.5) is 0 Å². The zero-order chi connectivity index (χ0) is 63.5. The van der Waals surface area contributed by atoms with E-state index in [4.69, 9.17) is 4.74 Å². The third-order valence-corrected chi connectivity index (χ3v) is 19.2. The highest BCUT2D eigenvalue weighted by Crippen LogP contribution is 2.20. The van der Waals surface area contributed by atoms with Crippen molar-refractivity contribution in [3.8, 4) is 0 Å². The summed E-state index contributed by atoms with van der Waals surface area (Å²) in [4.78, 5) is 24.7. The smallest absolute Gasteiger partial charge is 0.305 e. The van der Waals surface area contributed by atoms with Crippen LogP contribution in [0.1, 0.15) is 463 Å². The van der Waals surface area contributed by atoms with Crippen molar-refractivity contribution in [1.82, 2.24) is 5.32 Å². The summed E-state index contributed by atoms with van der Waals surface area (Å²) in [5.74, 6) is -0.0114. The first-order chi connectivity index (χ1) is 43.5. The summed E-state index contributed by atoms with van der Waals surface area (Å²) < 4.78 is 5.51. The molecule has 0 aliphatic heterocycles. The largest absolute Gasteiger partial charge is 0.466 e. The normalized spacial score (nSPS) is 12.5. The highest BCUT2D eigenvalue weighted by molar-refractivity contribution is 5.76. The molecule has 0 fully saturated rings. The zero-order valence-electron chi connectivity index (χ0n) is 60.0. The van der Waals surface area contributed by atoms with E-state index in [9.17, 15) is 19.8 Å². The Labute approximate surface area is 551 Å². The summed E-state index contributed by atoms with van der Waals surface area (Å²) in [6.45, 7) is 5.00. The lowest BCUT2D eigenvalue weighted by atomic mass is 10.0. The Morgan fingerprint density at radius 1 is 0.307 bits per heavy atom. The van der Waals surface area contributed by atoms with E-state index in [-0.39, 0.29) is 18.5 Å². The molecule has 6 heteroatoms. The predicted octanol–water partition coefficient (Wildman–Crippen LogP) is 26.8. The van der Waals surface area contributed by atoms with Gasteiger partial charge in [-0.05, 0) is 77.0 Å². The van der Waals surface area contributed by atoms with Crippen molar-refractivity contribution in [2.75, 3.05) is 13.2 Å². The molecule has 0 aliphatic carbocycles. The predicted molar refractivity (Wildman–Crippen MR) is 389 cm³/mol. The molecule has 0 aliphatic rings. The van der Waals surface area contributed by atoms with E-state index in [1.165, 1.54) is 385 Å². The SMILES string of the molecule is CCCCCCCCC/C=C\CCCCCCCCCC(=O)OCCCCCCCCCCCCCC/C=C\CCCCCCCCCCCCCCCCCC(=O)NC(CO)C(O)CCCCCCCCCCCCCCCCCCCCCCCC. The van der Waals surface area contributed by atoms with Crippen molar-refractivity contribution < 1.29 is 24.5 Å². The average Bonchev–Trinajstić information content (AvgIpc) is 3.58. The lowest BCUT2D eigenvalue weighted by Gasteiger charge is -2.22. The maximum Gasteiger partial charge on any atom is 0.305 e. The molecule has 0 aromatic heterocycles. The van der Waals surface area contributed by atoms with Gasteiger partial charge in [0.1, 0.15) is 0 Å². The van der Waals surface area contributed by atoms with Crippen LogP contribution in [0.2, 0.25) is 0 Å². The Morgan fingerprint density at radius 3 is 0.807 bits per heavy atom. The minimum atomic E-state index is -0.664. The number of aliphatic hydroxyl groups is 2. The van der Waals surface area contributed by atoms with E-state index in [2.05, 4.69) is 43.5 Å². The van der Waals surface area contributed by atoms with Crippen molar-refractivity contribution in [2.45, 2.75) is 475 Å². The first-order valence-electron chi connectivity index (χ1n) is 40.6. The molecule has 0 aromatic rings. The van der Waals surface area contributed by atoms with Gasteiger partial charge < -0.3 is 20.3 Å². The molecule has 0 rings (SSSR count). The molecule has 0 heterocycles. The van der Waals surface area contributed by atoms with Crippen molar-refractivity contribution in [1.29, 1.82) is 0 Å². The first-order valence-corrected chi connectivity index (χ1v) is 40.6. The second-order valence-corrected chi connectivity index (χ2v) is 28.1. The molecule has 1 amide bonds. The van der Waals surface area contributed by atoms with Crippen LogP contribution in [0.15, 0.2) is 24.3 Å². The van der Waals surface area contributed by atoms with Crippen LogP contribution in [0.5, 0.6) is 0 Å². The summed E-state index contributed by atoms with van der Waals surface area (Å²) in [5, 5.41) is 23.5. The van der Waals surface area contributed by atoms with E-state index in [1.54, 1.807) is 0 Å². The summed E-state index contributed by atoms with van der Waals surface area (Å²) in [7, 11) is 0. The van der Waals surface area contributed by atoms with Gasteiger partial charge >= 0.3 is 5.97 Å². The number of carbonyl (C=O) groups excluding carboxylic acids is 2. The van der Waals surface area contributed by atoms with E-state index in [0.29, 0.717) is 25.9 Å². The quantitative estimate of drug-likeness (QED) is 0.0320. The number of allylic oxidation sites excluding steroid dienone is 4. The van der Waals surface area contributed by atoms with Crippen molar-refractivity contribution in [2.24, 2.45) is 0 Å². The third-order valence-electron chi connectivity index (χ3n) is 19.2. The van der Waals surface area contributed by atoms with Crippen LogP contribution >= 0.6 is 0 Å². The van der Waals surface area contributed by atoms with Crippen molar-refractivity contribution >= 4 is 11.9 Å². The molecule has 2 unspecified atom stereocenters. The summed E-state index contributed by atoms with van der Waals surface area (Å²) in [6, 6.07) is -0.541. The fourth-order valence-corrected chi connectivity index (χ4v) is 13.0. The Morgan fingerprint density at radius 2 is 0.534 bits per heavy atom. The van der Waals surface area contributed by atoms with Gasteiger partial charge in [-0.3, -0.25) is 9.59 Å². The van der Waals surface area contributed by atoms with E-state index < -0.39 is 12.1 Å². The number of nitrogens with one attached hydrogen (secondary N) is 1. The number of carbonyl (C=O) groups is 2. The number of hydrogen-bond acceptors (Lipinski definition) is 5. The molecule has 0 bridgehead atoms. The van der Waals surface area contributed by atoms with Gasteiger partial charge in [0.15, 0.2) is 0 Å². The second kappa shape index (κ2) is 77.8. The van der Waals surface area contributed by atoms with Crippen molar-refractivity contribution in [3.05, 3.63) is 24.3 Å². The highest BCUT2D eigenvalue weighted by Gasteiger charge is 2.20. The van der Waals surface area contributed by atoms with Crippen LogP contribution in [-0.2, 0) is 14.3 Å². The number of esters is 1. The Hall–Kier alpha value is -1.66. The fraction of sp³-hybridized carbons (Fsp3) is 0.927. The number of rotatable bonds is 77. The lowest BCUT2D eigenvalue weighted by molar-refractivity contribution is -0.143. The molecular formula is C82H159NO5. The van der Waals surface area contributed by atoms with Crippen LogP contribution in [0, 0.1) is 0 Å². The number of hydrogen-bond donors (Lipinski definition) is 3. The maximum atomic E-state index is 12.6. The average molecular weight is 1240 g/mol. The van der Waals surface area contributed by atoms with E-state index in [0.717, 1.165) is 44.9 Å².